The van der Waals surface area contributed by atoms with Crippen LogP contribution in [0.5, 0.6) is 0 Å². The highest BCUT2D eigenvalue weighted by Gasteiger charge is 2.30. The van der Waals surface area contributed by atoms with Gasteiger partial charge in [0.25, 0.3) is 0 Å². The van der Waals surface area contributed by atoms with Crippen LogP contribution in [0.25, 0.3) is 0 Å². The minimum absolute atomic E-state index is 0.219. The van der Waals surface area contributed by atoms with Gasteiger partial charge in [0.05, 0.1) is 12.6 Å². The van der Waals surface area contributed by atoms with E-state index in [4.69, 9.17) is 0 Å². The van der Waals surface area contributed by atoms with E-state index in [1.54, 1.807) is 0 Å². The van der Waals surface area contributed by atoms with E-state index in [-0.39, 0.29) is 12.6 Å². The summed E-state index contributed by atoms with van der Waals surface area (Å²) in [5, 5.41) is 12.5. The van der Waals surface area contributed by atoms with E-state index in [1.807, 2.05) is 24.3 Å². The van der Waals surface area contributed by atoms with Gasteiger partial charge >= 0.3 is 0 Å². The SMILES string of the molecule is OCC(Nc1cccc(Br)c1)C1CC1. The maximum atomic E-state index is 9.19. The lowest BCUT2D eigenvalue weighted by Gasteiger charge is -2.16. The van der Waals surface area contributed by atoms with Crippen LogP contribution in [-0.4, -0.2) is 17.8 Å². The zero-order valence-electron chi connectivity index (χ0n) is 7.91. The van der Waals surface area contributed by atoms with Gasteiger partial charge in [0.1, 0.15) is 0 Å². The van der Waals surface area contributed by atoms with Crippen molar-refractivity contribution >= 4 is 21.6 Å². The molecule has 3 heteroatoms. The second-order valence-corrected chi connectivity index (χ2v) is 4.70. The van der Waals surface area contributed by atoms with Crippen LogP contribution in [0.4, 0.5) is 5.69 Å². The first-order chi connectivity index (χ1) is 6.79. The molecule has 0 saturated heterocycles. The molecule has 1 aromatic carbocycles. The second-order valence-electron chi connectivity index (χ2n) is 3.78. The first-order valence-electron chi connectivity index (χ1n) is 4.92. The molecule has 0 radical (unpaired) electrons. The van der Waals surface area contributed by atoms with Crippen molar-refractivity contribution in [1.29, 1.82) is 0 Å². The number of benzene rings is 1. The Morgan fingerprint density at radius 3 is 2.86 bits per heavy atom. The van der Waals surface area contributed by atoms with Crippen LogP contribution in [0.15, 0.2) is 28.7 Å². The van der Waals surface area contributed by atoms with Crippen molar-refractivity contribution in [3.63, 3.8) is 0 Å². The van der Waals surface area contributed by atoms with Crippen molar-refractivity contribution in [2.45, 2.75) is 18.9 Å². The largest absolute Gasteiger partial charge is 0.394 e. The Bertz CT molecular complexity index is 312. The molecular formula is C11H14BrNO. The quantitative estimate of drug-likeness (QED) is 0.867. The van der Waals surface area contributed by atoms with Gasteiger partial charge in [0.15, 0.2) is 0 Å². The molecule has 1 unspecified atom stereocenters. The van der Waals surface area contributed by atoms with Crippen LogP contribution in [0, 0.1) is 5.92 Å². The lowest BCUT2D eigenvalue weighted by atomic mass is 10.2. The second kappa shape index (κ2) is 4.32. The van der Waals surface area contributed by atoms with Crippen LogP contribution < -0.4 is 5.32 Å². The molecule has 1 saturated carbocycles. The van der Waals surface area contributed by atoms with Crippen LogP contribution in [0.1, 0.15) is 12.8 Å². The number of aliphatic hydroxyl groups is 1. The minimum Gasteiger partial charge on any atom is -0.394 e. The summed E-state index contributed by atoms with van der Waals surface area (Å²) in [5.41, 5.74) is 1.07. The van der Waals surface area contributed by atoms with Crippen molar-refractivity contribution in [2.24, 2.45) is 5.92 Å². The van der Waals surface area contributed by atoms with Gasteiger partial charge in [-0.1, -0.05) is 22.0 Å². The van der Waals surface area contributed by atoms with E-state index in [9.17, 15) is 5.11 Å². The zero-order valence-corrected chi connectivity index (χ0v) is 9.50. The molecule has 2 rings (SSSR count). The highest BCUT2D eigenvalue weighted by atomic mass is 79.9. The van der Waals surface area contributed by atoms with Crippen LogP contribution in [0.2, 0.25) is 0 Å². The monoisotopic (exact) mass is 255 g/mol. The summed E-state index contributed by atoms with van der Waals surface area (Å²) in [6.45, 7) is 0.219. The fourth-order valence-electron chi connectivity index (χ4n) is 1.60. The average Bonchev–Trinajstić information content (AvgIpc) is 2.97. The van der Waals surface area contributed by atoms with Crippen LogP contribution in [0.3, 0.4) is 0 Å². The highest BCUT2D eigenvalue weighted by Crippen LogP contribution is 2.34. The third-order valence-electron chi connectivity index (χ3n) is 2.56. The molecule has 0 spiro atoms. The Hall–Kier alpha value is -0.540. The number of nitrogens with one attached hydrogen (secondary N) is 1. The van der Waals surface area contributed by atoms with E-state index in [1.165, 1.54) is 12.8 Å². The third-order valence-corrected chi connectivity index (χ3v) is 3.06. The molecule has 1 atom stereocenters. The van der Waals surface area contributed by atoms with E-state index in [2.05, 4.69) is 21.2 Å². The lowest BCUT2D eigenvalue weighted by Crippen LogP contribution is -2.25. The van der Waals surface area contributed by atoms with Gasteiger partial charge < -0.3 is 10.4 Å². The summed E-state index contributed by atoms with van der Waals surface area (Å²) in [4.78, 5) is 0. The maximum absolute atomic E-state index is 9.19. The Morgan fingerprint density at radius 2 is 2.29 bits per heavy atom. The Morgan fingerprint density at radius 1 is 1.50 bits per heavy atom. The van der Waals surface area contributed by atoms with Crippen molar-refractivity contribution in [3.8, 4) is 0 Å². The molecule has 2 nitrogen and oxygen atoms in total. The molecule has 76 valence electrons. The number of hydrogen-bond donors (Lipinski definition) is 2. The van der Waals surface area contributed by atoms with Crippen molar-refractivity contribution in [1.82, 2.24) is 0 Å². The van der Waals surface area contributed by atoms with E-state index in [0.29, 0.717) is 5.92 Å². The third kappa shape index (κ3) is 2.49. The molecule has 0 aromatic heterocycles. The fourth-order valence-corrected chi connectivity index (χ4v) is 2.00. The summed E-state index contributed by atoms with van der Waals surface area (Å²) in [6, 6.07) is 8.27. The Balaban J connectivity index is 2.01. The summed E-state index contributed by atoms with van der Waals surface area (Å²) in [6.07, 6.45) is 2.48. The molecule has 2 N–H and O–H groups in total. The summed E-state index contributed by atoms with van der Waals surface area (Å²) in [5.74, 6) is 0.666. The first kappa shape index (κ1) is 9.99. The Labute approximate surface area is 92.5 Å². The van der Waals surface area contributed by atoms with Crippen molar-refractivity contribution in [2.75, 3.05) is 11.9 Å². The van der Waals surface area contributed by atoms with Gasteiger partial charge in [0.2, 0.25) is 0 Å². The van der Waals surface area contributed by atoms with Crippen molar-refractivity contribution < 1.29 is 5.11 Å². The fraction of sp³-hybridized carbons (Fsp3) is 0.455. The van der Waals surface area contributed by atoms with Crippen LogP contribution >= 0.6 is 15.9 Å². The first-order valence-corrected chi connectivity index (χ1v) is 5.72. The van der Waals surface area contributed by atoms with Gasteiger partial charge in [-0.25, -0.2) is 0 Å². The molecule has 0 amide bonds. The molecular weight excluding hydrogens is 242 g/mol. The molecule has 14 heavy (non-hydrogen) atoms. The van der Waals surface area contributed by atoms with E-state index in [0.717, 1.165) is 10.2 Å². The summed E-state index contributed by atoms with van der Waals surface area (Å²) < 4.78 is 1.06. The predicted octanol–water partition coefficient (Wildman–Crippen LogP) is 2.63. The molecule has 1 aliphatic carbocycles. The van der Waals surface area contributed by atoms with Gasteiger partial charge in [-0.3, -0.25) is 0 Å². The molecule has 0 aliphatic heterocycles. The van der Waals surface area contributed by atoms with E-state index < -0.39 is 0 Å². The highest BCUT2D eigenvalue weighted by molar-refractivity contribution is 9.10. The van der Waals surface area contributed by atoms with E-state index >= 15 is 0 Å². The molecule has 0 heterocycles. The number of anilines is 1. The topological polar surface area (TPSA) is 32.3 Å². The number of hydrogen-bond acceptors (Lipinski definition) is 2. The number of rotatable bonds is 4. The lowest BCUT2D eigenvalue weighted by molar-refractivity contribution is 0.263. The average molecular weight is 256 g/mol. The molecule has 1 aliphatic rings. The number of halogens is 1. The van der Waals surface area contributed by atoms with Gasteiger partial charge in [0, 0.05) is 10.2 Å². The van der Waals surface area contributed by atoms with Gasteiger partial charge in [-0.15, -0.1) is 0 Å². The Kier molecular flexibility index (Phi) is 3.08. The standard InChI is InChI=1S/C11H14BrNO/c12-9-2-1-3-10(6-9)13-11(7-14)8-4-5-8/h1-3,6,8,11,13-14H,4-5,7H2. The normalized spacial score (nSPS) is 17.9. The van der Waals surface area contributed by atoms with Crippen molar-refractivity contribution in [3.05, 3.63) is 28.7 Å². The summed E-state index contributed by atoms with van der Waals surface area (Å²) >= 11 is 3.42. The zero-order chi connectivity index (χ0) is 9.97. The molecule has 1 fully saturated rings. The predicted molar refractivity (Wildman–Crippen MR) is 61.4 cm³/mol. The smallest absolute Gasteiger partial charge is 0.0635 e. The van der Waals surface area contributed by atoms with Gasteiger partial charge in [-0.05, 0) is 37.0 Å². The summed E-state index contributed by atoms with van der Waals surface area (Å²) in [7, 11) is 0. The number of aliphatic hydroxyl groups excluding tert-OH is 1. The molecule has 1 aromatic rings. The minimum atomic E-state index is 0.219. The van der Waals surface area contributed by atoms with Crippen LogP contribution in [-0.2, 0) is 0 Å². The maximum Gasteiger partial charge on any atom is 0.0635 e. The molecule has 0 bridgehead atoms. The van der Waals surface area contributed by atoms with Gasteiger partial charge in [-0.2, -0.15) is 0 Å².